The zero-order valence-corrected chi connectivity index (χ0v) is 12.5. The summed E-state index contributed by atoms with van der Waals surface area (Å²) >= 11 is 0. The van der Waals surface area contributed by atoms with E-state index < -0.39 is 0 Å². The first kappa shape index (κ1) is 15.5. The Hall–Kier alpha value is -0.570. The van der Waals surface area contributed by atoms with Gasteiger partial charge >= 0.3 is 0 Å². The van der Waals surface area contributed by atoms with Crippen LogP contribution in [0.2, 0.25) is 0 Å². The van der Waals surface area contributed by atoms with Gasteiger partial charge in [0.15, 0.2) is 0 Å². The fraction of sp³-hybridized carbons (Fsp3) is 0.933. The van der Waals surface area contributed by atoms with Gasteiger partial charge in [0, 0.05) is 19.0 Å². The van der Waals surface area contributed by atoms with Gasteiger partial charge < -0.3 is 10.2 Å². The summed E-state index contributed by atoms with van der Waals surface area (Å²) in [6, 6.07) is 0.403. The number of carbonyl (C=O) groups is 1. The quantitative estimate of drug-likeness (QED) is 0.821. The number of nitrogens with zero attached hydrogens (tertiary/aromatic N) is 1. The molecule has 0 bridgehead atoms. The van der Waals surface area contributed by atoms with Crippen LogP contribution >= 0.6 is 0 Å². The Kier molecular flexibility index (Phi) is 6.69. The third-order valence-electron chi connectivity index (χ3n) is 4.06. The van der Waals surface area contributed by atoms with Gasteiger partial charge in [0.05, 0.1) is 0 Å². The van der Waals surface area contributed by atoms with Crippen LogP contribution < -0.4 is 5.32 Å². The third kappa shape index (κ3) is 4.97. The van der Waals surface area contributed by atoms with Crippen molar-refractivity contribution in [1.82, 2.24) is 10.2 Å². The fourth-order valence-electron chi connectivity index (χ4n) is 2.73. The van der Waals surface area contributed by atoms with Crippen LogP contribution in [-0.4, -0.2) is 36.5 Å². The highest BCUT2D eigenvalue weighted by atomic mass is 16.2. The molecule has 2 heterocycles. The molecule has 0 radical (unpaired) electrons. The van der Waals surface area contributed by atoms with Gasteiger partial charge in [-0.25, -0.2) is 0 Å². The summed E-state index contributed by atoms with van der Waals surface area (Å²) in [6.07, 6.45) is 4.59. The molecule has 0 aromatic rings. The summed E-state index contributed by atoms with van der Waals surface area (Å²) in [4.78, 5) is 12.9. The van der Waals surface area contributed by atoms with Gasteiger partial charge in [-0.3, -0.25) is 4.79 Å². The molecule has 106 valence electrons. The highest BCUT2D eigenvalue weighted by molar-refractivity contribution is 5.78. The van der Waals surface area contributed by atoms with Gasteiger partial charge in [0.25, 0.3) is 0 Å². The van der Waals surface area contributed by atoms with Crippen LogP contribution in [0, 0.1) is 11.8 Å². The van der Waals surface area contributed by atoms with Gasteiger partial charge in [-0.15, -0.1) is 0 Å². The van der Waals surface area contributed by atoms with Gasteiger partial charge in [-0.1, -0.05) is 13.8 Å². The van der Waals surface area contributed by atoms with Crippen molar-refractivity contribution >= 4 is 5.91 Å². The molecule has 18 heavy (non-hydrogen) atoms. The largest absolute Gasteiger partial charge is 0.340 e. The van der Waals surface area contributed by atoms with Crippen molar-refractivity contribution in [3.8, 4) is 0 Å². The van der Waals surface area contributed by atoms with Crippen molar-refractivity contribution in [1.29, 1.82) is 0 Å². The van der Waals surface area contributed by atoms with Gasteiger partial charge in [0.1, 0.15) is 0 Å². The molecule has 2 fully saturated rings. The van der Waals surface area contributed by atoms with Crippen LogP contribution in [0.3, 0.4) is 0 Å². The van der Waals surface area contributed by atoms with E-state index in [1.807, 2.05) is 4.90 Å². The zero-order valence-electron chi connectivity index (χ0n) is 12.5. The summed E-state index contributed by atoms with van der Waals surface area (Å²) in [7, 11) is 0. The highest BCUT2D eigenvalue weighted by Gasteiger charge is 2.21. The lowest BCUT2D eigenvalue weighted by atomic mass is 9.87. The summed E-state index contributed by atoms with van der Waals surface area (Å²) in [5.74, 6) is 2.21. The summed E-state index contributed by atoms with van der Waals surface area (Å²) < 4.78 is 0. The SMILES string of the molecule is CC(C)C1CCNCC1.CC(C)N1CCCC1=O. The molecule has 3 heteroatoms. The molecule has 0 aromatic heterocycles. The van der Waals surface area contributed by atoms with E-state index in [0.29, 0.717) is 11.9 Å². The number of carbonyl (C=O) groups excluding carboxylic acids is 1. The second-order valence-corrected chi connectivity index (χ2v) is 6.12. The van der Waals surface area contributed by atoms with Crippen LogP contribution in [0.1, 0.15) is 53.4 Å². The average molecular weight is 254 g/mol. The molecular weight excluding hydrogens is 224 g/mol. The molecule has 0 spiro atoms. The molecule has 1 N–H and O–H groups in total. The Bertz CT molecular complexity index is 245. The number of amides is 1. The van der Waals surface area contributed by atoms with Crippen molar-refractivity contribution in [2.45, 2.75) is 59.4 Å². The predicted molar refractivity (Wildman–Crippen MR) is 76.5 cm³/mol. The van der Waals surface area contributed by atoms with Crippen molar-refractivity contribution in [3.63, 3.8) is 0 Å². The van der Waals surface area contributed by atoms with E-state index in [-0.39, 0.29) is 0 Å². The molecule has 0 aromatic carbocycles. The second kappa shape index (κ2) is 7.78. The molecule has 0 atom stereocenters. The lowest BCUT2D eigenvalue weighted by molar-refractivity contribution is -0.129. The normalized spacial score (nSPS) is 21.4. The van der Waals surface area contributed by atoms with E-state index >= 15 is 0 Å². The Morgan fingerprint density at radius 3 is 2.06 bits per heavy atom. The number of hydrogen-bond donors (Lipinski definition) is 1. The maximum atomic E-state index is 10.9. The lowest BCUT2D eigenvalue weighted by Crippen LogP contribution is -2.31. The minimum absolute atomic E-state index is 0.324. The van der Waals surface area contributed by atoms with Gasteiger partial charge in [-0.2, -0.15) is 0 Å². The monoisotopic (exact) mass is 254 g/mol. The molecule has 2 saturated heterocycles. The first-order valence-electron chi connectivity index (χ1n) is 7.52. The smallest absolute Gasteiger partial charge is 0.222 e. The molecule has 2 rings (SSSR count). The number of hydrogen-bond acceptors (Lipinski definition) is 2. The van der Waals surface area contributed by atoms with E-state index in [0.717, 1.165) is 31.2 Å². The predicted octanol–water partition coefficient (Wildman–Crippen LogP) is 2.66. The van der Waals surface area contributed by atoms with Crippen molar-refractivity contribution in [3.05, 3.63) is 0 Å². The number of nitrogens with one attached hydrogen (secondary N) is 1. The second-order valence-electron chi connectivity index (χ2n) is 6.12. The van der Waals surface area contributed by atoms with Crippen LogP contribution in [-0.2, 0) is 4.79 Å². The van der Waals surface area contributed by atoms with E-state index in [2.05, 4.69) is 33.0 Å². The number of rotatable bonds is 2. The topological polar surface area (TPSA) is 32.3 Å². The summed E-state index contributed by atoms with van der Waals surface area (Å²) in [6.45, 7) is 12.2. The number of piperidine rings is 1. The van der Waals surface area contributed by atoms with Crippen LogP contribution in [0.25, 0.3) is 0 Å². The Morgan fingerprint density at radius 1 is 1.17 bits per heavy atom. The van der Waals surface area contributed by atoms with Crippen LogP contribution in [0.5, 0.6) is 0 Å². The molecule has 1 amide bonds. The molecule has 3 nitrogen and oxygen atoms in total. The molecule has 2 aliphatic heterocycles. The average Bonchev–Trinajstić information content (AvgIpc) is 2.77. The molecule has 0 aliphatic carbocycles. The Morgan fingerprint density at radius 2 is 1.78 bits per heavy atom. The van der Waals surface area contributed by atoms with Crippen molar-refractivity contribution in [2.24, 2.45) is 11.8 Å². The van der Waals surface area contributed by atoms with Crippen molar-refractivity contribution in [2.75, 3.05) is 19.6 Å². The minimum Gasteiger partial charge on any atom is -0.340 e. The molecular formula is C15H30N2O. The standard InChI is InChI=1S/C8H17N.C7H13NO/c1-7(2)8-3-5-9-6-4-8;1-6(2)8-5-3-4-7(8)9/h7-9H,3-6H2,1-2H3;6H,3-5H2,1-2H3. The molecule has 2 aliphatic rings. The van der Waals surface area contributed by atoms with E-state index in [1.54, 1.807) is 0 Å². The van der Waals surface area contributed by atoms with E-state index in [4.69, 9.17) is 0 Å². The maximum Gasteiger partial charge on any atom is 0.222 e. The first-order valence-corrected chi connectivity index (χ1v) is 7.52. The molecule has 0 unspecified atom stereocenters. The summed E-state index contributed by atoms with van der Waals surface area (Å²) in [5.41, 5.74) is 0. The van der Waals surface area contributed by atoms with Crippen LogP contribution in [0.15, 0.2) is 0 Å². The van der Waals surface area contributed by atoms with Gasteiger partial charge in [-0.05, 0) is 58.0 Å². The number of likely N-dealkylation sites (tertiary alicyclic amines) is 1. The van der Waals surface area contributed by atoms with E-state index in [1.165, 1.54) is 25.9 Å². The summed E-state index contributed by atoms with van der Waals surface area (Å²) in [5, 5.41) is 3.37. The Balaban J connectivity index is 0.000000180. The van der Waals surface area contributed by atoms with Crippen LogP contribution in [0.4, 0.5) is 0 Å². The Labute approximate surface area is 112 Å². The first-order chi connectivity index (χ1) is 8.52. The maximum absolute atomic E-state index is 10.9. The highest BCUT2D eigenvalue weighted by Crippen LogP contribution is 2.20. The third-order valence-corrected chi connectivity index (χ3v) is 4.06. The van der Waals surface area contributed by atoms with E-state index in [9.17, 15) is 4.79 Å². The fourth-order valence-corrected chi connectivity index (χ4v) is 2.73. The van der Waals surface area contributed by atoms with Crippen molar-refractivity contribution < 1.29 is 4.79 Å². The zero-order chi connectivity index (χ0) is 13.5. The van der Waals surface area contributed by atoms with Gasteiger partial charge in [0.2, 0.25) is 5.91 Å². The minimum atomic E-state index is 0.324. The molecule has 0 saturated carbocycles. The lowest BCUT2D eigenvalue weighted by Gasteiger charge is -2.25.